The minimum absolute atomic E-state index is 0.0283. The largest absolute Gasteiger partial charge is 0.474 e. The van der Waals surface area contributed by atoms with Crippen LogP contribution >= 0.6 is 0 Å². The number of hydrogen-bond donors (Lipinski definition) is 1. The van der Waals surface area contributed by atoms with Gasteiger partial charge < -0.3 is 9.84 Å². The predicted molar refractivity (Wildman–Crippen MR) is 66.8 cm³/mol. The molecule has 1 saturated carbocycles. The molecule has 0 spiro atoms. The Morgan fingerprint density at radius 2 is 2.29 bits per heavy atom. The lowest BCUT2D eigenvalue weighted by molar-refractivity contribution is 0.116. The molecule has 1 N–H and O–H groups in total. The summed E-state index contributed by atoms with van der Waals surface area (Å²) in [6.45, 7) is 2.22. The molecule has 2 unspecified atom stereocenters. The van der Waals surface area contributed by atoms with E-state index in [1.54, 1.807) is 0 Å². The number of rotatable bonds is 4. The van der Waals surface area contributed by atoms with Crippen molar-refractivity contribution < 1.29 is 9.84 Å². The fourth-order valence-electron chi connectivity index (χ4n) is 2.50. The van der Waals surface area contributed by atoms with Crippen molar-refractivity contribution in [2.24, 2.45) is 5.92 Å². The third kappa shape index (κ3) is 3.43. The summed E-state index contributed by atoms with van der Waals surface area (Å²) in [5.74, 6) is 1.45. The van der Waals surface area contributed by atoms with Crippen LogP contribution in [0.3, 0.4) is 0 Å². The van der Waals surface area contributed by atoms with Gasteiger partial charge in [0, 0.05) is 6.07 Å². The SMILES string of the molecule is CCC1CCCC(Oc2cccc(CO)n2)C1. The van der Waals surface area contributed by atoms with Crippen molar-refractivity contribution in [3.05, 3.63) is 23.9 Å². The molecule has 3 heteroatoms. The van der Waals surface area contributed by atoms with Gasteiger partial charge in [-0.3, -0.25) is 0 Å². The van der Waals surface area contributed by atoms with Crippen molar-refractivity contribution in [2.75, 3.05) is 0 Å². The monoisotopic (exact) mass is 235 g/mol. The van der Waals surface area contributed by atoms with E-state index in [1.165, 1.54) is 19.3 Å². The van der Waals surface area contributed by atoms with Crippen LogP contribution in [-0.4, -0.2) is 16.2 Å². The van der Waals surface area contributed by atoms with Crippen molar-refractivity contribution in [1.29, 1.82) is 0 Å². The second-order valence-corrected chi connectivity index (χ2v) is 4.81. The Labute approximate surface area is 103 Å². The summed E-state index contributed by atoms with van der Waals surface area (Å²) in [5.41, 5.74) is 0.672. The highest BCUT2D eigenvalue weighted by Gasteiger charge is 2.22. The summed E-state index contributed by atoms with van der Waals surface area (Å²) in [6.07, 6.45) is 6.39. The summed E-state index contributed by atoms with van der Waals surface area (Å²) in [5, 5.41) is 9.03. The van der Waals surface area contributed by atoms with Crippen molar-refractivity contribution in [3.8, 4) is 5.88 Å². The quantitative estimate of drug-likeness (QED) is 0.872. The first-order valence-electron chi connectivity index (χ1n) is 6.55. The van der Waals surface area contributed by atoms with E-state index in [0.29, 0.717) is 17.7 Å². The van der Waals surface area contributed by atoms with Crippen molar-refractivity contribution in [2.45, 2.75) is 51.7 Å². The van der Waals surface area contributed by atoms with Gasteiger partial charge >= 0.3 is 0 Å². The Bertz CT molecular complexity index is 354. The molecular formula is C14H21NO2. The molecule has 17 heavy (non-hydrogen) atoms. The summed E-state index contributed by atoms with van der Waals surface area (Å²) < 4.78 is 5.91. The topological polar surface area (TPSA) is 42.4 Å². The van der Waals surface area contributed by atoms with Gasteiger partial charge in [0.25, 0.3) is 0 Å². The standard InChI is InChI=1S/C14H21NO2/c1-2-11-5-3-7-13(9-11)17-14-8-4-6-12(10-16)15-14/h4,6,8,11,13,16H,2-3,5,7,9-10H2,1H3. The number of ether oxygens (including phenoxy) is 1. The Morgan fingerprint density at radius 1 is 1.41 bits per heavy atom. The fraction of sp³-hybridized carbons (Fsp3) is 0.643. The van der Waals surface area contributed by atoms with Crippen LogP contribution in [0.1, 0.15) is 44.7 Å². The fourth-order valence-corrected chi connectivity index (χ4v) is 2.50. The highest BCUT2D eigenvalue weighted by Crippen LogP contribution is 2.29. The highest BCUT2D eigenvalue weighted by atomic mass is 16.5. The van der Waals surface area contributed by atoms with Crippen LogP contribution in [0.5, 0.6) is 5.88 Å². The van der Waals surface area contributed by atoms with Gasteiger partial charge in [-0.05, 0) is 31.2 Å². The molecule has 0 aromatic carbocycles. The van der Waals surface area contributed by atoms with Gasteiger partial charge in [-0.1, -0.05) is 25.8 Å². The summed E-state index contributed by atoms with van der Waals surface area (Å²) in [7, 11) is 0. The lowest BCUT2D eigenvalue weighted by Gasteiger charge is -2.28. The lowest BCUT2D eigenvalue weighted by atomic mass is 9.85. The molecule has 0 bridgehead atoms. The summed E-state index contributed by atoms with van der Waals surface area (Å²) in [6, 6.07) is 5.56. The lowest BCUT2D eigenvalue weighted by Crippen LogP contribution is -2.25. The van der Waals surface area contributed by atoms with Crippen LogP contribution in [0, 0.1) is 5.92 Å². The van der Waals surface area contributed by atoms with Gasteiger partial charge in [0.1, 0.15) is 6.10 Å². The second kappa shape index (κ2) is 6.01. The molecule has 1 aromatic heterocycles. The first-order chi connectivity index (χ1) is 8.31. The van der Waals surface area contributed by atoms with Crippen molar-refractivity contribution in [3.63, 3.8) is 0 Å². The molecule has 1 fully saturated rings. The maximum Gasteiger partial charge on any atom is 0.213 e. The van der Waals surface area contributed by atoms with E-state index in [-0.39, 0.29) is 6.61 Å². The predicted octanol–water partition coefficient (Wildman–Crippen LogP) is 2.92. The van der Waals surface area contributed by atoms with Crippen LogP contribution in [-0.2, 0) is 6.61 Å². The van der Waals surface area contributed by atoms with E-state index < -0.39 is 0 Å². The number of nitrogens with zero attached hydrogens (tertiary/aromatic N) is 1. The molecule has 2 rings (SSSR count). The Kier molecular flexibility index (Phi) is 4.37. The van der Waals surface area contributed by atoms with E-state index in [0.717, 1.165) is 18.8 Å². The van der Waals surface area contributed by atoms with Gasteiger partial charge in [-0.2, -0.15) is 0 Å². The van der Waals surface area contributed by atoms with Crippen LogP contribution in [0.15, 0.2) is 18.2 Å². The normalized spacial score (nSPS) is 24.6. The number of aliphatic hydroxyl groups excluding tert-OH is 1. The number of hydrogen-bond acceptors (Lipinski definition) is 3. The number of aromatic nitrogens is 1. The van der Waals surface area contributed by atoms with Crippen molar-refractivity contribution in [1.82, 2.24) is 4.98 Å². The Hall–Kier alpha value is -1.09. The third-order valence-corrected chi connectivity index (χ3v) is 3.54. The van der Waals surface area contributed by atoms with E-state index in [1.807, 2.05) is 18.2 Å². The molecule has 0 radical (unpaired) electrons. The van der Waals surface area contributed by atoms with Crippen LogP contribution in [0.2, 0.25) is 0 Å². The Balaban J connectivity index is 1.95. The van der Waals surface area contributed by atoms with Gasteiger partial charge in [0.2, 0.25) is 5.88 Å². The zero-order chi connectivity index (χ0) is 12.1. The number of pyridine rings is 1. The molecule has 1 aliphatic rings. The first-order valence-corrected chi connectivity index (χ1v) is 6.55. The molecule has 1 aliphatic carbocycles. The molecule has 1 heterocycles. The maximum atomic E-state index is 9.03. The smallest absolute Gasteiger partial charge is 0.213 e. The minimum Gasteiger partial charge on any atom is -0.474 e. The molecule has 3 nitrogen and oxygen atoms in total. The van der Waals surface area contributed by atoms with Crippen LogP contribution in [0.25, 0.3) is 0 Å². The van der Waals surface area contributed by atoms with Gasteiger partial charge in [0.15, 0.2) is 0 Å². The van der Waals surface area contributed by atoms with Crippen LogP contribution < -0.4 is 4.74 Å². The van der Waals surface area contributed by atoms with Gasteiger partial charge in [0.05, 0.1) is 12.3 Å². The average molecular weight is 235 g/mol. The first kappa shape index (κ1) is 12.4. The molecular weight excluding hydrogens is 214 g/mol. The Morgan fingerprint density at radius 3 is 3.06 bits per heavy atom. The zero-order valence-corrected chi connectivity index (χ0v) is 10.4. The molecule has 0 saturated heterocycles. The van der Waals surface area contributed by atoms with Gasteiger partial charge in [-0.25, -0.2) is 4.98 Å². The molecule has 2 atom stereocenters. The molecule has 1 aromatic rings. The average Bonchev–Trinajstić information content (AvgIpc) is 2.39. The highest BCUT2D eigenvalue weighted by molar-refractivity contribution is 5.15. The van der Waals surface area contributed by atoms with E-state index in [2.05, 4.69) is 11.9 Å². The summed E-state index contributed by atoms with van der Waals surface area (Å²) >= 11 is 0. The van der Waals surface area contributed by atoms with E-state index in [9.17, 15) is 0 Å². The molecule has 94 valence electrons. The molecule has 0 aliphatic heterocycles. The molecule has 0 amide bonds. The third-order valence-electron chi connectivity index (χ3n) is 3.54. The maximum absolute atomic E-state index is 9.03. The van der Waals surface area contributed by atoms with Crippen LogP contribution in [0.4, 0.5) is 0 Å². The minimum atomic E-state index is -0.0283. The van der Waals surface area contributed by atoms with E-state index in [4.69, 9.17) is 9.84 Å². The second-order valence-electron chi connectivity index (χ2n) is 4.81. The van der Waals surface area contributed by atoms with Gasteiger partial charge in [-0.15, -0.1) is 0 Å². The van der Waals surface area contributed by atoms with E-state index >= 15 is 0 Å². The van der Waals surface area contributed by atoms with Crippen molar-refractivity contribution >= 4 is 0 Å². The number of aliphatic hydroxyl groups is 1. The zero-order valence-electron chi connectivity index (χ0n) is 10.4. The summed E-state index contributed by atoms with van der Waals surface area (Å²) in [4.78, 5) is 4.26.